The minimum Gasteiger partial charge on any atom is -0.493 e. The van der Waals surface area contributed by atoms with Crippen LogP contribution >= 0.6 is 0 Å². The lowest BCUT2D eigenvalue weighted by atomic mass is 10.1. The van der Waals surface area contributed by atoms with Gasteiger partial charge in [-0.05, 0) is 43.6 Å². The number of likely N-dealkylation sites (tertiary alicyclic amines) is 2. The highest BCUT2D eigenvalue weighted by atomic mass is 16.5. The molecule has 4 aliphatic heterocycles. The van der Waals surface area contributed by atoms with Gasteiger partial charge in [-0.1, -0.05) is 12.5 Å². The Morgan fingerprint density at radius 1 is 1.13 bits per heavy atom. The van der Waals surface area contributed by atoms with Crippen LogP contribution in [0.25, 0.3) is 0 Å². The minimum absolute atomic E-state index is 0.152. The van der Waals surface area contributed by atoms with Gasteiger partial charge in [0.05, 0.1) is 19.8 Å². The molecule has 0 N–H and O–H groups in total. The first-order valence-corrected chi connectivity index (χ1v) is 11.4. The second kappa shape index (κ2) is 8.36. The van der Waals surface area contributed by atoms with E-state index in [0.29, 0.717) is 19.6 Å². The summed E-state index contributed by atoms with van der Waals surface area (Å²) in [5.74, 6) is 1.82. The molecule has 5 rings (SSSR count). The summed E-state index contributed by atoms with van der Waals surface area (Å²) in [6.45, 7) is 7.15. The number of methoxy groups -OCH3 is 1. The maximum absolute atomic E-state index is 12.4. The zero-order valence-electron chi connectivity index (χ0n) is 18.0. The van der Waals surface area contributed by atoms with Crippen LogP contribution in [0.2, 0.25) is 0 Å². The molecule has 0 radical (unpaired) electrons. The fraction of sp³-hybridized carbons (Fsp3) is 0.696. The molecule has 1 spiro atoms. The first kappa shape index (κ1) is 20.1. The molecule has 164 valence electrons. The Hall–Kier alpha value is -1.83. The van der Waals surface area contributed by atoms with Crippen molar-refractivity contribution in [2.45, 2.75) is 50.4 Å². The molecule has 1 amide bonds. The van der Waals surface area contributed by atoms with Crippen LogP contribution in [0.5, 0.6) is 11.5 Å². The lowest BCUT2D eigenvalue weighted by Gasteiger charge is -2.31. The van der Waals surface area contributed by atoms with Crippen LogP contribution < -0.4 is 9.47 Å². The molecule has 0 bridgehead atoms. The van der Waals surface area contributed by atoms with E-state index in [1.54, 1.807) is 7.11 Å². The van der Waals surface area contributed by atoms with Crippen LogP contribution in [-0.2, 0) is 16.1 Å². The summed E-state index contributed by atoms with van der Waals surface area (Å²) in [7, 11) is 1.70. The molecule has 4 fully saturated rings. The van der Waals surface area contributed by atoms with E-state index in [2.05, 4.69) is 21.9 Å². The fourth-order valence-electron chi connectivity index (χ4n) is 5.70. The van der Waals surface area contributed by atoms with Gasteiger partial charge in [-0.2, -0.15) is 0 Å². The van der Waals surface area contributed by atoms with Crippen molar-refractivity contribution < 1.29 is 19.0 Å². The van der Waals surface area contributed by atoms with E-state index in [1.807, 2.05) is 11.0 Å². The van der Waals surface area contributed by atoms with E-state index in [9.17, 15) is 4.79 Å². The second-order valence-corrected chi connectivity index (χ2v) is 8.92. The van der Waals surface area contributed by atoms with Gasteiger partial charge in [0.1, 0.15) is 6.61 Å². The molecule has 0 aromatic heterocycles. The topological polar surface area (TPSA) is 54.5 Å². The van der Waals surface area contributed by atoms with E-state index in [0.717, 1.165) is 44.1 Å². The van der Waals surface area contributed by atoms with Gasteiger partial charge in [0.2, 0.25) is 5.91 Å². The predicted octanol–water partition coefficient (Wildman–Crippen LogP) is 2.09. The third-order valence-electron chi connectivity index (χ3n) is 7.24. The van der Waals surface area contributed by atoms with E-state index in [-0.39, 0.29) is 17.7 Å². The molecule has 4 saturated heterocycles. The van der Waals surface area contributed by atoms with Gasteiger partial charge < -0.3 is 19.1 Å². The number of carbonyl (C=O) groups excluding carboxylic acids is 1. The zero-order chi connectivity index (χ0) is 20.6. The van der Waals surface area contributed by atoms with Crippen LogP contribution in [0.1, 0.15) is 37.7 Å². The molecule has 7 nitrogen and oxygen atoms in total. The van der Waals surface area contributed by atoms with Gasteiger partial charge in [-0.25, -0.2) is 0 Å². The summed E-state index contributed by atoms with van der Waals surface area (Å²) in [4.78, 5) is 19.2. The molecule has 0 aliphatic carbocycles. The van der Waals surface area contributed by atoms with Crippen molar-refractivity contribution in [1.82, 2.24) is 14.7 Å². The van der Waals surface area contributed by atoms with Crippen LogP contribution in [0, 0.1) is 0 Å². The predicted molar refractivity (Wildman–Crippen MR) is 113 cm³/mol. The normalized spacial score (nSPS) is 29.3. The molecule has 2 atom stereocenters. The largest absolute Gasteiger partial charge is 0.493 e. The van der Waals surface area contributed by atoms with Crippen molar-refractivity contribution in [2.24, 2.45) is 0 Å². The Labute approximate surface area is 178 Å². The molecule has 1 aromatic carbocycles. The van der Waals surface area contributed by atoms with Gasteiger partial charge in [-0.15, -0.1) is 0 Å². The third kappa shape index (κ3) is 3.57. The average molecular weight is 416 g/mol. The molecule has 0 unspecified atom stereocenters. The highest BCUT2D eigenvalue weighted by Crippen LogP contribution is 2.46. The smallest absolute Gasteiger partial charge is 0.226 e. The van der Waals surface area contributed by atoms with Gasteiger partial charge in [0.25, 0.3) is 0 Å². The van der Waals surface area contributed by atoms with Crippen molar-refractivity contribution in [3.8, 4) is 11.5 Å². The maximum atomic E-state index is 12.4. The van der Waals surface area contributed by atoms with Gasteiger partial charge in [0.15, 0.2) is 17.2 Å². The first-order chi connectivity index (χ1) is 14.7. The number of amides is 1. The highest BCUT2D eigenvalue weighted by molar-refractivity contribution is 5.81. The zero-order valence-corrected chi connectivity index (χ0v) is 18.0. The summed E-state index contributed by atoms with van der Waals surface area (Å²) in [6.07, 6.45) is 5.41. The number of rotatable bonds is 7. The van der Waals surface area contributed by atoms with E-state index < -0.39 is 0 Å². The average Bonchev–Trinajstić information content (AvgIpc) is 3.41. The third-order valence-corrected chi connectivity index (χ3v) is 7.24. The van der Waals surface area contributed by atoms with Gasteiger partial charge in [-0.3, -0.25) is 14.6 Å². The summed E-state index contributed by atoms with van der Waals surface area (Å²) in [5, 5.41) is 0. The van der Waals surface area contributed by atoms with Crippen LogP contribution in [-0.4, -0.2) is 85.4 Å². The van der Waals surface area contributed by atoms with Crippen LogP contribution in [0.4, 0.5) is 0 Å². The molecule has 4 aliphatic rings. The monoisotopic (exact) mass is 415 g/mol. The number of hydrogen-bond acceptors (Lipinski definition) is 6. The summed E-state index contributed by atoms with van der Waals surface area (Å²) >= 11 is 0. The first-order valence-electron chi connectivity index (χ1n) is 11.4. The minimum atomic E-state index is -0.376. The fourth-order valence-corrected chi connectivity index (χ4v) is 5.70. The van der Waals surface area contributed by atoms with Crippen LogP contribution in [0.3, 0.4) is 0 Å². The molecule has 7 heteroatoms. The van der Waals surface area contributed by atoms with Crippen molar-refractivity contribution in [1.29, 1.82) is 0 Å². The lowest BCUT2D eigenvalue weighted by Crippen LogP contribution is -2.47. The van der Waals surface area contributed by atoms with Crippen molar-refractivity contribution >= 4 is 5.91 Å². The van der Waals surface area contributed by atoms with Crippen molar-refractivity contribution in [3.63, 3.8) is 0 Å². The summed E-state index contributed by atoms with van der Waals surface area (Å²) in [6, 6.07) is 6.37. The molecule has 1 aromatic rings. The number of nitrogens with zero attached hydrogens (tertiary/aromatic N) is 3. The molecular formula is C23H33N3O4. The number of ether oxygens (including phenoxy) is 3. The Balaban J connectivity index is 1.21. The highest BCUT2D eigenvalue weighted by Gasteiger charge is 2.61. The SMILES string of the molecule is COc1cc(CN2CC[C@@]34OCCN3C(=O)C[C@@H]24)ccc1OCCN1CCCCC1. The quantitative estimate of drug-likeness (QED) is 0.680. The molecular weight excluding hydrogens is 382 g/mol. The number of hydrogen-bond donors (Lipinski definition) is 0. The maximum Gasteiger partial charge on any atom is 0.226 e. The number of piperidine rings is 1. The van der Waals surface area contributed by atoms with Crippen LogP contribution in [0.15, 0.2) is 18.2 Å². The Bertz CT molecular complexity index is 782. The molecule has 4 heterocycles. The molecule has 0 saturated carbocycles. The molecule has 30 heavy (non-hydrogen) atoms. The second-order valence-electron chi connectivity index (χ2n) is 8.92. The Morgan fingerprint density at radius 3 is 2.83 bits per heavy atom. The van der Waals surface area contributed by atoms with Gasteiger partial charge in [0, 0.05) is 39.0 Å². The summed E-state index contributed by atoms with van der Waals surface area (Å²) in [5.41, 5.74) is 0.801. The van der Waals surface area contributed by atoms with E-state index >= 15 is 0 Å². The van der Waals surface area contributed by atoms with E-state index in [1.165, 1.54) is 37.9 Å². The van der Waals surface area contributed by atoms with E-state index in [4.69, 9.17) is 14.2 Å². The van der Waals surface area contributed by atoms with Gasteiger partial charge >= 0.3 is 0 Å². The summed E-state index contributed by atoms with van der Waals surface area (Å²) < 4.78 is 17.8. The Kier molecular flexibility index (Phi) is 5.60. The number of carbonyl (C=O) groups is 1. The number of benzene rings is 1. The standard InChI is InChI=1S/C23H33N3O4/c1-28-20-15-18(5-6-19(20)29-13-11-24-8-3-2-4-9-24)17-25-10-7-23-21(25)16-22(27)26(23)12-14-30-23/h5-6,15,21H,2-4,7-14,16-17H2,1H3/t21-,23+/m1/s1. The Morgan fingerprint density at radius 2 is 2.00 bits per heavy atom. The van der Waals surface area contributed by atoms with Crippen molar-refractivity contribution in [2.75, 3.05) is 53.0 Å². The lowest BCUT2D eigenvalue weighted by molar-refractivity contribution is -0.136. The van der Waals surface area contributed by atoms with Crippen molar-refractivity contribution in [3.05, 3.63) is 23.8 Å².